The zero-order valence-electron chi connectivity index (χ0n) is 9.43. The summed E-state index contributed by atoms with van der Waals surface area (Å²) >= 11 is 0. The molecule has 1 fully saturated rings. The van der Waals surface area contributed by atoms with Crippen molar-refractivity contribution in [1.29, 1.82) is 0 Å². The van der Waals surface area contributed by atoms with Crippen LogP contribution in [-0.4, -0.2) is 40.4 Å². The number of nitrogens with one attached hydrogen (secondary N) is 1. The molecule has 1 N–H and O–H groups in total. The second-order valence-electron chi connectivity index (χ2n) is 3.97. The number of carbonyl (C=O) groups is 2. The van der Waals surface area contributed by atoms with E-state index < -0.39 is 6.04 Å². The molecular weight excluding hydrogens is 206 g/mol. The van der Waals surface area contributed by atoms with Crippen LogP contribution in [0.4, 0.5) is 0 Å². The van der Waals surface area contributed by atoms with Gasteiger partial charge in [-0.3, -0.25) is 9.59 Å². The first kappa shape index (κ1) is 10.7. The SMILES string of the molecule is CC1C(=O)NCCN1C(=O)c1cccn1C. The molecule has 5 nitrogen and oxygen atoms in total. The van der Waals surface area contributed by atoms with Crippen LogP contribution in [0, 0.1) is 0 Å². The van der Waals surface area contributed by atoms with Crippen LogP contribution in [0.25, 0.3) is 0 Å². The van der Waals surface area contributed by atoms with E-state index in [2.05, 4.69) is 5.32 Å². The summed E-state index contributed by atoms with van der Waals surface area (Å²) in [6, 6.07) is 3.19. The Hall–Kier alpha value is -1.78. The molecule has 1 aliphatic rings. The average molecular weight is 221 g/mol. The van der Waals surface area contributed by atoms with Gasteiger partial charge in [0.05, 0.1) is 0 Å². The Balaban J connectivity index is 2.22. The highest BCUT2D eigenvalue weighted by molar-refractivity contribution is 5.97. The fraction of sp³-hybridized carbons (Fsp3) is 0.455. The molecule has 1 atom stereocenters. The van der Waals surface area contributed by atoms with Gasteiger partial charge in [0.15, 0.2) is 0 Å². The molecule has 0 spiro atoms. The Morgan fingerprint density at radius 2 is 2.31 bits per heavy atom. The van der Waals surface area contributed by atoms with Crippen LogP contribution in [0.15, 0.2) is 18.3 Å². The summed E-state index contributed by atoms with van der Waals surface area (Å²) in [5.41, 5.74) is 0.613. The first-order chi connectivity index (χ1) is 7.61. The Kier molecular flexibility index (Phi) is 2.68. The number of hydrogen-bond acceptors (Lipinski definition) is 2. The summed E-state index contributed by atoms with van der Waals surface area (Å²) in [5.74, 6) is -0.177. The summed E-state index contributed by atoms with van der Waals surface area (Å²) < 4.78 is 1.77. The van der Waals surface area contributed by atoms with Crippen molar-refractivity contribution in [3.05, 3.63) is 24.0 Å². The Labute approximate surface area is 94.0 Å². The molecular formula is C11H15N3O2. The molecule has 1 aromatic rings. The molecule has 1 saturated heterocycles. The van der Waals surface area contributed by atoms with Crippen molar-refractivity contribution in [3.63, 3.8) is 0 Å². The van der Waals surface area contributed by atoms with Gasteiger partial charge in [-0.25, -0.2) is 0 Å². The Morgan fingerprint density at radius 1 is 1.56 bits per heavy atom. The van der Waals surface area contributed by atoms with Crippen molar-refractivity contribution in [2.24, 2.45) is 7.05 Å². The van der Waals surface area contributed by atoms with Crippen LogP contribution >= 0.6 is 0 Å². The zero-order chi connectivity index (χ0) is 11.7. The molecule has 0 saturated carbocycles. The van der Waals surface area contributed by atoms with Crippen molar-refractivity contribution in [2.45, 2.75) is 13.0 Å². The minimum Gasteiger partial charge on any atom is -0.353 e. The van der Waals surface area contributed by atoms with E-state index in [9.17, 15) is 9.59 Å². The molecule has 0 aromatic carbocycles. The Bertz CT molecular complexity index is 425. The number of piperazine rings is 1. The maximum Gasteiger partial charge on any atom is 0.271 e. The number of hydrogen-bond donors (Lipinski definition) is 1. The minimum absolute atomic E-state index is 0.0881. The average Bonchev–Trinajstić information content (AvgIpc) is 2.68. The van der Waals surface area contributed by atoms with Gasteiger partial charge in [0.1, 0.15) is 11.7 Å². The normalized spacial score (nSPS) is 20.8. The number of aryl methyl sites for hydroxylation is 1. The number of nitrogens with zero attached hydrogens (tertiary/aromatic N) is 2. The van der Waals surface area contributed by atoms with E-state index in [0.29, 0.717) is 18.8 Å². The predicted molar refractivity (Wildman–Crippen MR) is 58.9 cm³/mol. The van der Waals surface area contributed by atoms with Crippen molar-refractivity contribution >= 4 is 11.8 Å². The summed E-state index contributed by atoms with van der Waals surface area (Å²) in [6.45, 7) is 2.84. The van der Waals surface area contributed by atoms with Crippen LogP contribution in [0.1, 0.15) is 17.4 Å². The van der Waals surface area contributed by atoms with Gasteiger partial charge in [-0.2, -0.15) is 0 Å². The lowest BCUT2D eigenvalue weighted by molar-refractivity contribution is -0.127. The first-order valence-corrected chi connectivity index (χ1v) is 5.31. The second-order valence-corrected chi connectivity index (χ2v) is 3.97. The monoisotopic (exact) mass is 221 g/mol. The summed E-state index contributed by atoms with van der Waals surface area (Å²) in [6.07, 6.45) is 1.82. The molecule has 1 unspecified atom stereocenters. The van der Waals surface area contributed by atoms with Crippen molar-refractivity contribution < 1.29 is 9.59 Å². The Morgan fingerprint density at radius 3 is 2.94 bits per heavy atom. The number of carbonyl (C=O) groups excluding carboxylic acids is 2. The van der Waals surface area contributed by atoms with E-state index >= 15 is 0 Å². The highest BCUT2D eigenvalue weighted by Gasteiger charge is 2.30. The van der Waals surface area contributed by atoms with E-state index in [0.717, 1.165) is 0 Å². The third kappa shape index (κ3) is 1.68. The van der Waals surface area contributed by atoms with Gasteiger partial charge in [-0.05, 0) is 19.1 Å². The van der Waals surface area contributed by atoms with Crippen molar-refractivity contribution in [3.8, 4) is 0 Å². The third-order valence-corrected chi connectivity index (χ3v) is 2.92. The smallest absolute Gasteiger partial charge is 0.271 e. The fourth-order valence-corrected chi connectivity index (χ4v) is 1.89. The van der Waals surface area contributed by atoms with Crippen molar-refractivity contribution in [2.75, 3.05) is 13.1 Å². The lowest BCUT2D eigenvalue weighted by atomic mass is 10.2. The van der Waals surface area contributed by atoms with Gasteiger partial charge >= 0.3 is 0 Å². The summed E-state index contributed by atoms with van der Waals surface area (Å²) in [5, 5.41) is 2.74. The molecule has 16 heavy (non-hydrogen) atoms. The van der Waals surface area contributed by atoms with E-state index in [4.69, 9.17) is 0 Å². The van der Waals surface area contributed by atoms with Gasteiger partial charge in [0.2, 0.25) is 5.91 Å². The lowest BCUT2D eigenvalue weighted by Gasteiger charge is -2.32. The molecule has 0 aliphatic carbocycles. The topological polar surface area (TPSA) is 54.3 Å². The van der Waals surface area contributed by atoms with Crippen LogP contribution in [0.5, 0.6) is 0 Å². The van der Waals surface area contributed by atoms with Crippen LogP contribution < -0.4 is 5.32 Å². The quantitative estimate of drug-likeness (QED) is 0.725. The minimum atomic E-state index is -0.392. The van der Waals surface area contributed by atoms with E-state index in [-0.39, 0.29) is 11.8 Å². The third-order valence-electron chi connectivity index (χ3n) is 2.92. The summed E-state index contributed by atoms with van der Waals surface area (Å²) in [7, 11) is 1.82. The molecule has 2 amide bonds. The van der Waals surface area contributed by atoms with Gasteiger partial charge in [0, 0.05) is 26.3 Å². The zero-order valence-corrected chi connectivity index (χ0v) is 9.43. The largest absolute Gasteiger partial charge is 0.353 e. The van der Waals surface area contributed by atoms with E-state index in [1.165, 1.54) is 0 Å². The van der Waals surface area contributed by atoms with Crippen LogP contribution in [0.3, 0.4) is 0 Å². The number of rotatable bonds is 1. The van der Waals surface area contributed by atoms with Crippen LogP contribution in [-0.2, 0) is 11.8 Å². The van der Waals surface area contributed by atoms with Crippen molar-refractivity contribution in [1.82, 2.24) is 14.8 Å². The highest BCUT2D eigenvalue weighted by atomic mass is 16.2. The van der Waals surface area contributed by atoms with E-state index in [1.54, 1.807) is 22.5 Å². The maximum absolute atomic E-state index is 12.2. The van der Waals surface area contributed by atoms with E-state index in [1.807, 2.05) is 19.3 Å². The van der Waals surface area contributed by atoms with Gasteiger partial charge < -0.3 is 14.8 Å². The fourth-order valence-electron chi connectivity index (χ4n) is 1.89. The van der Waals surface area contributed by atoms with Crippen LogP contribution in [0.2, 0.25) is 0 Å². The predicted octanol–water partition coefficient (Wildman–Crippen LogP) is -0.0144. The molecule has 0 radical (unpaired) electrons. The number of aromatic nitrogens is 1. The molecule has 0 bridgehead atoms. The molecule has 86 valence electrons. The molecule has 2 rings (SSSR count). The second kappa shape index (κ2) is 4.00. The van der Waals surface area contributed by atoms with Gasteiger partial charge in [-0.1, -0.05) is 0 Å². The molecule has 1 aromatic heterocycles. The number of amides is 2. The lowest BCUT2D eigenvalue weighted by Crippen LogP contribution is -2.56. The standard InChI is InChI=1S/C11H15N3O2/c1-8-10(15)12-5-7-14(8)11(16)9-4-3-6-13(9)2/h3-4,6,8H,5,7H2,1-2H3,(H,12,15). The highest BCUT2D eigenvalue weighted by Crippen LogP contribution is 2.10. The van der Waals surface area contributed by atoms with Gasteiger partial charge in [-0.15, -0.1) is 0 Å². The molecule has 2 heterocycles. The summed E-state index contributed by atoms with van der Waals surface area (Å²) in [4.78, 5) is 25.2. The first-order valence-electron chi connectivity index (χ1n) is 5.31. The molecule has 1 aliphatic heterocycles. The molecule has 5 heteroatoms. The van der Waals surface area contributed by atoms with Gasteiger partial charge in [0.25, 0.3) is 5.91 Å². The maximum atomic E-state index is 12.2.